The van der Waals surface area contributed by atoms with Crippen molar-refractivity contribution in [1.82, 2.24) is 9.55 Å². The summed E-state index contributed by atoms with van der Waals surface area (Å²) >= 11 is 5.41. The zero-order chi connectivity index (χ0) is 12.4. The SMILES string of the molecule is COCCC(C)n1c(=S)[nH]c2c(C)cccc21. The van der Waals surface area contributed by atoms with Gasteiger partial charge in [-0.2, -0.15) is 0 Å². The smallest absolute Gasteiger partial charge is 0.178 e. The van der Waals surface area contributed by atoms with Crippen molar-refractivity contribution in [3.63, 3.8) is 0 Å². The standard InChI is InChI=1S/C13H18N2OS/c1-9-5-4-6-11-12(9)14-13(17)15(11)10(2)7-8-16-3/h4-6,10H,7-8H2,1-3H3,(H,14,17). The molecule has 0 bridgehead atoms. The summed E-state index contributed by atoms with van der Waals surface area (Å²) in [6, 6.07) is 6.62. The van der Waals surface area contributed by atoms with E-state index in [2.05, 4.69) is 41.6 Å². The van der Waals surface area contributed by atoms with Crippen LogP contribution in [-0.2, 0) is 4.74 Å². The average Bonchev–Trinajstić information content (AvgIpc) is 2.64. The van der Waals surface area contributed by atoms with E-state index in [1.54, 1.807) is 7.11 Å². The molecule has 1 aromatic carbocycles. The molecular formula is C13H18N2OS. The lowest BCUT2D eigenvalue weighted by Gasteiger charge is -2.14. The lowest BCUT2D eigenvalue weighted by atomic mass is 10.2. The minimum absolute atomic E-state index is 0.345. The van der Waals surface area contributed by atoms with E-state index in [9.17, 15) is 0 Å². The summed E-state index contributed by atoms with van der Waals surface area (Å²) in [4.78, 5) is 3.29. The minimum atomic E-state index is 0.345. The van der Waals surface area contributed by atoms with Crippen molar-refractivity contribution < 1.29 is 4.74 Å². The average molecular weight is 250 g/mol. The minimum Gasteiger partial charge on any atom is -0.385 e. The Morgan fingerprint density at radius 1 is 1.47 bits per heavy atom. The van der Waals surface area contributed by atoms with Crippen LogP contribution in [-0.4, -0.2) is 23.3 Å². The number of aromatic nitrogens is 2. The van der Waals surface area contributed by atoms with Gasteiger partial charge >= 0.3 is 0 Å². The quantitative estimate of drug-likeness (QED) is 0.840. The van der Waals surface area contributed by atoms with Crippen LogP contribution < -0.4 is 0 Å². The van der Waals surface area contributed by atoms with Crippen LogP contribution in [0.3, 0.4) is 0 Å². The number of rotatable bonds is 4. The van der Waals surface area contributed by atoms with Crippen molar-refractivity contribution in [2.75, 3.05) is 13.7 Å². The number of hydrogen-bond acceptors (Lipinski definition) is 2. The first kappa shape index (κ1) is 12.3. The lowest BCUT2D eigenvalue weighted by molar-refractivity contribution is 0.181. The van der Waals surface area contributed by atoms with Gasteiger partial charge in [-0.1, -0.05) is 12.1 Å². The van der Waals surface area contributed by atoms with Crippen LogP contribution in [0.4, 0.5) is 0 Å². The molecule has 1 heterocycles. The fourth-order valence-electron chi connectivity index (χ4n) is 2.15. The molecule has 0 radical (unpaired) electrons. The maximum atomic E-state index is 5.41. The number of fused-ring (bicyclic) bond motifs is 1. The third-order valence-electron chi connectivity index (χ3n) is 3.14. The number of aromatic amines is 1. The number of ether oxygens (including phenoxy) is 1. The van der Waals surface area contributed by atoms with Gasteiger partial charge in [0.15, 0.2) is 4.77 Å². The number of hydrogen-bond donors (Lipinski definition) is 1. The van der Waals surface area contributed by atoms with Crippen LogP contribution in [0.2, 0.25) is 0 Å². The van der Waals surface area contributed by atoms with E-state index < -0.39 is 0 Å². The van der Waals surface area contributed by atoms with Gasteiger partial charge in [-0.15, -0.1) is 0 Å². The van der Waals surface area contributed by atoms with Crippen LogP contribution >= 0.6 is 12.2 Å². The fourth-order valence-corrected chi connectivity index (χ4v) is 2.53. The molecule has 0 amide bonds. The Kier molecular flexibility index (Phi) is 3.64. The van der Waals surface area contributed by atoms with Crippen molar-refractivity contribution in [2.24, 2.45) is 0 Å². The van der Waals surface area contributed by atoms with E-state index in [1.165, 1.54) is 11.1 Å². The van der Waals surface area contributed by atoms with E-state index in [4.69, 9.17) is 17.0 Å². The highest BCUT2D eigenvalue weighted by atomic mass is 32.1. The van der Waals surface area contributed by atoms with Gasteiger partial charge in [0.25, 0.3) is 0 Å². The van der Waals surface area contributed by atoms with E-state index in [1.807, 2.05) is 0 Å². The molecule has 0 aliphatic heterocycles. The monoisotopic (exact) mass is 250 g/mol. The van der Waals surface area contributed by atoms with E-state index in [0.717, 1.165) is 23.3 Å². The molecule has 0 spiro atoms. The second kappa shape index (κ2) is 5.02. The first-order chi connectivity index (χ1) is 8.15. The molecular weight excluding hydrogens is 232 g/mol. The van der Waals surface area contributed by atoms with Crippen molar-refractivity contribution >= 4 is 23.3 Å². The number of aryl methyl sites for hydroxylation is 1. The lowest BCUT2D eigenvalue weighted by Crippen LogP contribution is -2.07. The Morgan fingerprint density at radius 3 is 2.94 bits per heavy atom. The van der Waals surface area contributed by atoms with E-state index in [0.29, 0.717) is 6.04 Å². The number of para-hydroxylation sites is 1. The maximum absolute atomic E-state index is 5.41. The Bertz CT molecular complexity index is 570. The Hall–Kier alpha value is -1.13. The zero-order valence-electron chi connectivity index (χ0n) is 10.5. The highest BCUT2D eigenvalue weighted by Gasteiger charge is 2.11. The fraction of sp³-hybridized carbons (Fsp3) is 0.462. The molecule has 0 saturated heterocycles. The Labute approximate surface area is 106 Å². The number of methoxy groups -OCH3 is 1. The van der Waals surface area contributed by atoms with Gasteiger partial charge < -0.3 is 14.3 Å². The van der Waals surface area contributed by atoms with Gasteiger partial charge in [0.2, 0.25) is 0 Å². The molecule has 0 aliphatic rings. The first-order valence-electron chi connectivity index (χ1n) is 5.84. The van der Waals surface area contributed by atoms with Gasteiger partial charge in [0.1, 0.15) is 0 Å². The van der Waals surface area contributed by atoms with Crippen LogP contribution in [0.25, 0.3) is 11.0 Å². The summed E-state index contributed by atoms with van der Waals surface area (Å²) in [5, 5.41) is 0. The normalized spacial score (nSPS) is 13.1. The van der Waals surface area contributed by atoms with Crippen LogP contribution in [0.5, 0.6) is 0 Å². The van der Waals surface area contributed by atoms with Crippen molar-refractivity contribution in [1.29, 1.82) is 0 Å². The Balaban J connectivity index is 2.50. The second-order valence-corrected chi connectivity index (χ2v) is 4.79. The molecule has 17 heavy (non-hydrogen) atoms. The highest BCUT2D eigenvalue weighted by molar-refractivity contribution is 7.71. The third kappa shape index (κ3) is 2.28. The first-order valence-corrected chi connectivity index (χ1v) is 6.24. The van der Waals surface area contributed by atoms with Crippen LogP contribution in [0.1, 0.15) is 24.9 Å². The molecule has 92 valence electrons. The van der Waals surface area contributed by atoms with Crippen molar-refractivity contribution in [3.05, 3.63) is 28.5 Å². The largest absolute Gasteiger partial charge is 0.385 e. The van der Waals surface area contributed by atoms with Crippen LogP contribution in [0, 0.1) is 11.7 Å². The summed E-state index contributed by atoms with van der Waals surface area (Å²) in [7, 11) is 1.73. The topological polar surface area (TPSA) is 29.9 Å². The number of nitrogens with zero attached hydrogens (tertiary/aromatic N) is 1. The Morgan fingerprint density at radius 2 is 2.24 bits per heavy atom. The van der Waals surface area contributed by atoms with Gasteiger partial charge in [-0.3, -0.25) is 0 Å². The molecule has 3 nitrogen and oxygen atoms in total. The summed E-state index contributed by atoms with van der Waals surface area (Å²) in [6.07, 6.45) is 0.964. The van der Waals surface area contributed by atoms with E-state index >= 15 is 0 Å². The molecule has 2 aromatic rings. The second-order valence-electron chi connectivity index (χ2n) is 4.40. The maximum Gasteiger partial charge on any atom is 0.178 e. The molecule has 1 N–H and O–H groups in total. The van der Waals surface area contributed by atoms with E-state index in [-0.39, 0.29) is 0 Å². The molecule has 0 fully saturated rings. The molecule has 4 heteroatoms. The van der Waals surface area contributed by atoms with Crippen molar-refractivity contribution in [2.45, 2.75) is 26.3 Å². The summed E-state index contributed by atoms with van der Waals surface area (Å²) in [6.45, 7) is 5.02. The zero-order valence-corrected chi connectivity index (χ0v) is 11.3. The van der Waals surface area contributed by atoms with Gasteiger partial charge in [0, 0.05) is 19.8 Å². The number of H-pyrrole nitrogens is 1. The molecule has 2 rings (SSSR count). The summed E-state index contributed by atoms with van der Waals surface area (Å²) < 4.78 is 8.10. The molecule has 1 unspecified atom stereocenters. The predicted molar refractivity (Wildman–Crippen MR) is 73.1 cm³/mol. The molecule has 1 atom stereocenters. The summed E-state index contributed by atoms with van der Waals surface area (Å²) in [5.74, 6) is 0. The summed E-state index contributed by atoms with van der Waals surface area (Å²) in [5.41, 5.74) is 3.55. The van der Waals surface area contributed by atoms with Gasteiger partial charge in [-0.05, 0) is 44.1 Å². The number of benzene rings is 1. The van der Waals surface area contributed by atoms with Crippen LogP contribution in [0.15, 0.2) is 18.2 Å². The number of imidazole rings is 1. The van der Waals surface area contributed by atoms with Gasteiger partial charge in [-0.25, -0.2) is 0 Å². The predicted octanol–water partition coefficient (Wildman–Crippen LogP) is 3.60. The molecule has 1 aromatic heterocycles. The third-order valence-corrected chi connectivity index (χ3v) is 3.44. The van der Waals surface area contributed by atoms with Crippen molar-refractivity contribution in [3.8, 4) is 0 Å². The number of nitrogens with one attached hydrogen (secondary N) is 1. The van der Waals surface area contributed by atoms with Gasteiger partial charge in [0.05, 0.1) is 11.0 Å². The molecule has 0 saturated carbocycles. The molecule has 0 aliphatic carbocycles. The highest BCUT2D eigenvalue weighted by Crippen LogP contribution is 2.23.